The molecule has 0 aromatic carbocycles. The van der Waals surface area contributed by atoms with E-state index in [0.717, 1.165) is 12.8 Å². The Morgan fingerprint density at radius 1 is 0.759 bits per heavy atom. The van der Waals surface area contributed by atoms with Crippen molar-refractivity contribution in [2.45, 2.75) is 129 Å². The molecule has 0 aliphatic rings. The molecular formula is C23H44NNaO4. The van der Waals surface area contributed by atoms with Gasteiger partial charge in [0.15, 0.2) is 0 Å². The zero-order valence-corrected chi connectivity index (χ0v) is 21.2. The molecule has 0 aromatic rings. The van der Waals surface area contributed by atoms with Crippen molar-refractivity contribution in [2.24, 2.45) is 5.73 Å². The summed E-state index contributed by atoms with van der Waals surface area (Å²) in [6, 6.07) is -1.09. The van der Waals surface area contributed by atoms with Crippen molar-refractivity contribution in [3.05, 3.63) is 0 Å². The van der Waals surface area contributed by atoms with Gasteiger partial charge in [-0.1, -0.05) is 103 Å². The Kier molecular flexibility index (Phi) is 25.9. The summed E-state index contributed by atoms with van der Waals surface area (Å²) in [4.78, 5) is 21.9. The Hall–Kier alpha value is -0.100. The summed E-state index contributed by atoms with van der Waals surface area (Å²) in [5, 5.41) is 10.4. The number of nitrogens with two attached hydrogens (primary N) is 1. The van der Waals surface area contributed by atoms with Crippen LogP contribution in [0.2, 0.25) is 0 Å². The first-order valence-electron chi connectivity index (χ1n) is 11.7. The van der Waals surface area contributed by atoms with Crippen molar-refractivity contribution >= 4 is 11.9 Å². The number of hydrogen-bond acceptors (Lipinski definition) is 5. The van der Waals surface area contributed by atoms with Gasteiger partial charge in [0.05, 0.1) is 12.6 Å². The van der Waals surface area contributed by atoms with Crippen molar-refractivity contribution in [2.75, 3.05) is 6.61 Å². The minimum Gasteiger partial charge on any atom is -0.548 e. The second-order valence-corrected chi connectivity index (χ2v) is 7.99. The van der Waals surface area contributed by atoms with Gasteiger partial charge in [0.25, 0.3) is 0 Å². The van der Waals surface area contributed by atoms with Gasteiger partial charge >= 0.3 is 35.5 Å². The van der Waals surface area contributed by atoms with Gasteiger partial charge in [0.2, 0.25) is 0 Å². The first-order chi connectivity index (χ1) is 13.6. The molecule has 29 heavy (non-hydrogen) atoms. The maximum Gasteiger partial charge on any atom is 1.00 e. The molecular weight excluding hydrogens is 377 g/mol. The summed E-state index contributed by atoms with van der Waals surface area (Å²) in [5.74, 6) is -1.71. The van der Waals surface area contributed by atoms with E-state index < -0.39 is 12.0 Å². The molecule has 2 N–H and O–H groups in total. The second kappa shape index (κ2) is 24.2. The molecule has 166 valence electrons. The van der Waals surface area contributed by atoms with E-state index in [4.69, 9.17) is 10.5 Å². The zero-order valence-electron chi connectivity index (χ0n) is 19.2. The molecule has 0 aromatic heterocycles. The number of carboxylic acid groups (broad SMARTS) is 1. The minimum atomic E-state index is -1.33. The van der Waals surface area contributed by atoms with Gasteiger partial charge in [-0.25, -0.2) is 0 Å². The zero-order chi connectivity index (χ0) is 20.9. The van der Waals surface area contributed by atoms with Gasteiger partial charge in [-0.15, -0.1) is 0 Å². The van der Waals surface area contributed by atoms with Crippen LogP contribution >= 0.6 is 0 Å². The van der Waals surface area contributed by atoms with Gasteiger partial charge < -0.3 is 20.4 Å². The number of unbranched alkanes of at least 4 members (excludes halogenated alkanes) is 15. The Bertz CT molecular complexity index is 380. The average Bonchev–Trinajstić information content (AvgIpc) is 2.68. The second-order valence-electron chi connectivity index (χ2n) is 7.99. The van der Waals surface area contributed by atoms with Crippen LogP contribution in [0.3, 0.4) is 0 Å². The quantitative estimate of drug-likeness (QED) is 0.173. The fourth-order valence-corrected chi connectivity index (χ4v) is 3.30. The van der Waals surface area contributed by atoms with E-state index in [9.17, 15) is 14.7 Å². The molecule has 6 heteroatoms. The largest absolute Gasteiger partial charge is 1.00 e. The van der Waals surface area contributed by atoms with E-state index in [0.29, 0.717) is 6.61 Å². The van der Waals surface area contributed by atoms with E-state index in [-0.39, 0.29) is 48.4 Å². The fraction of sp³-hybridized carbons (Fsp3) is 0.913. The van der Waals surface area contributed by atoms with E-state index >= 15 is 0 Å². The van der Waals surface area contributed by atoms with Crippen LogP contribution in [0.4, 0.5) is 0 Å². The van der Waals surface area contributed by atoms with Crippen LogP contribution < -0.4 is 40.4 Å². The van der Waals surface area contributed by atoms with E-state index in [1.165, 1.54) is 89.9 Å². The van der Waals surface area contributed by atoms with Crippen molar-refractivity contribution in [1.82, 2.24) is 0 Å². The number of rotatable bonds is 21. The van der Waals surface area contributed by atoms with Crippen molar-refractivity contribution in [1.29, 1.82) is 0 Å². The molecule has 1 atom stereocenters. The van der Waals surface area contributed by atoms with Crippen LogP contribution in [0, 0.1) is 0 Å². The van der Waals surface area contributed by atoms with Crippen LogP contribution in [0.1, 0.15) is 122 Å². The number of aliphatic carboxylic acids is 1. The van der Waals surface area contributed by atoms with Gasteiger partial charge in [-0.05, 0) is 12.8 Å². The van der Waals surface area contributed by atoms with Crippen molar-refractivity contribution < 1.29 is 49.0 Å². The maximum absolute atomic E-state index is 11.4. The third-order valence-electron chi connectivity index (χ3n) is 5.22. The molecule has 0 saturated carbocycles. The van der Waals surface area contributed by atoms with Crippen LogP contribution in [0.15, 0.2) is 0 Å². The smallest absolute Gasteiger partial charge is 0.548 e. The predicted octanol–water partition coefficient (Wildman–Crippen LogP) is 1.65. The summed E-state index contributed by atoms with van der Waals surface area (Å²) in [6.07, 6.45) is 21.1. The van der Waals surface area contributed by atoms with Crippen LogP contribution in [0.25, 0.3) is 0 Å². The SMILES string of the molecule is CCCCCCCCCCCCCCCCCCOC(=O)CC[C@H](N)C(=O)[O-].[Na+]. The molecule has 5 nitrogen and oxygen atoms in total. The molecule has 0 aliphatic carbocycles. The molecule has 0 fully saturated rings. The van der Waals surface area contributed by atoms with E-state index in [1.807, 2.05) is 0 Å². The number of carbonyl (C=O) groups is 2. The Balaban J connectivity index is 0. The number of carboxylic acids is 1. The van der Waals surface area contributed by atoms with Crippen molar-refractivity contribution in [3.8, 4) is 0 Å². The molecule has 0 amide bonds. The third kappa shape index (κ3) is 24.0. The maximum atomic E-state index is 11.4. The number of carbonyl (C=O) groups excluding carboxylic acids is 2. The molecule has 0 radical (unpaired) electrons. The standard InChI is InChI=1S/C23H45NO4.Na/c1-2-3-4-5-6-7-8-9-10-11-12-13-14-15-16-17-20-28-22(25)19-18-21(24)23(26)27;/h21H,2-20,24H2,1H3,(H,26,27);/q;+1/p-1/t21-;/m0./s1. The Morgan fingerprint density at radius 2 is 1.14 bits per heavy atom. The average molecular weight is 422 g/mol. The van der Waals surface area contributed by atoms with Gasteiger partial charge in [-0.2, -0.15) is 0 Å². The molecule has 0 saturated heterocycles. The Morgan fingerprint density at radius 3 is 1.52 bits per heavy atom. The summed E-state index contributed by atoms with van der Waals surface area (Å²) in [7, 11) is 0. The van der Waals surface area contributed by atoms with Gasteiger partial charge in [-0.3, -0.25) is 4.79 Å². The van der Waals surface area contributed by atoms with Gasteiger partial charge in [0.1, 0.15) is 0 Å². The Labute approximate surface area is 201 Å². The third-order valence-corrected chi connectivity index (χ3v) is 5.22. The molecule has 0 spiro atoms. The molecule has 0 heterocycles. The molecule has 0 bridgehead atoms. The fourth-order valence-electron chi connectivity index (χ4n) is 3.30. The first kappa shape index (κ1) is 31.1. The van der Waals surface area contributed by atoms with Crippen LogP contribution in [-0.2, 0) is 14.3 Å². The molecule has 0 unspecified atom stereocenters. The number of ether oxygens (including phenoxy) is 1. The summed E-state index contributed by atoms with van der Waals surface area (Å²) < 4.78 is 5.08. The number of hydrogen-bond donors (Lipinski definition) is 1. The van der Waals surface area contributed by atoms with Crippen LogP contribution in [0.5, 0.6) is 0 Å². The van der Waals surface area contributed by atoms with Crippen molar-refractivity contribution in [3.63, 3.8) is 0 Å². The molecule has 0 aliphatic heterocycles. The van der Waals surface area contributed by atoms with Gasteiger partial charge in [0, 0.05) is 12.5 Å². The number of esters is 1. The van der Waals surface area contributed by atoms with E-state index in [2.05, 4.69) is 6.92 Å². The summed E-state index contributed by atoms with van der Waals surface area (Å²) >= 11 is 0. The summed E-state index contributed by atoms with van der Waals surface area (Å²) in [6.45, 7) is 2.68. The molecule has 0 rings (SSSR count). The predicted molar refractivity (Wildman–Crippen MR) is 113 cm³/mol. The topological polar surface area (TPSA) is 92.5 Å². The van der Waals surface area contributed by atoms with E-state index in [1.54, 1.807) is 0 Å². The minimum absolute atomic E-state index is 0. The monoisotopic (exact) mass is 421 g/mol. The normalized spacial score (nSPS) is 11.7. The first-order valence-corrected chi connectivity index (χ1v) is 11.7. The van der Waals surface area contributed by atoms with Crippen LogP contribution in [-0.4, -0.2) is 24.6 Å². The summed E-state index contributed by atoms with van der Waals surface area (Å²) in [5.41, 5.74) is 5.29.